The van der Waals surface area contributed by atoms with Crippen LogP contribution in [-0.4, -0.2) is 33.4 Å². The van der Waals surface area contributed by atoms with E-state index in [4.69, 9.17) is 0 Å². The Hall–Kier alpha value is -3.48. The number of benzene rings is 1. The molecule has 0 bridgehead atoms. The second-order valence-electron chi connectivity index (χ2n) is 10.7. The van der Waals surface area contributed by atoms with Gasteiger partial charge >= 0.3 is 0 Å². The molecule has 1 fully saturated rings. The lowest BCUT2D eigenvalue weighted by molar-refractivity contribution is 0.0950. The summed E-state index contributed by atoms with van der Waals surface area (Å²) in [4.78, 5) is 40.5. The maximum Gasteiger partial charge on any atom is 0.253 e. The molecule has 0 unspecified atom stereocenters. The number of nitrogens with one attached hydrogen (secondary N) is 2. The minimum atomic E-state index is -0.198. The summed E-state index contributed by atoms with van der Waals surface area (Å²) >= 11 is 0. The molecule has 0 atom stereocenters. The monoisotopic (exact) mass is 515 g/mol. The molecule has 2 aromatic heterocycles. The van der Waals surface area contributed by atoms with Crippen LogP contribution in [0.4, 0.5) is 5.69 Å². The Morgan fingerprint density at radius 3 is 2.37 bits per heavy atom. The molecule has 1 saturated carbocycles. The summed E-state index contributed by atoms with van der Waals surface area (Å²) in [6.07, 6.45) is 9.59. The van der Waals surface area contributed by atoms with Gasteiger partial charge in [0.2, 0.25) is 0 Å². The second-order valence-corrected chi connectivity index (χ2v) is 10.7. The number of aromatic nitrogens is 3. The van der Waals surface area contributed by atoms with Crippen molar-refractivity contribution < 1.29 is 4.79 Å². The standard InChI is InChI=1S/C31H41N5O2/c1-7-23-9-11-25(12-10-23)36(8-2)29-15-24(28-18-32-21(5)16-33-28)14-26(22(29)6)30(37)34-17-27-19(3)13-20(4)35-31(27)38/h13-16,18,23,25H,7-12,17H2,1-6H3,(H,34,37)(H,35,38). The fourth-order valence-corrected chi connectivity index (χ4v) is 5.78. The topological polar surface area (TPSA) is 91.0 Å². The van der Waals surface area contributed by atoms with Crippen LogP contribution in [0.5, 0.6) is 0 Å². The number of aromatic amines is 1. The van der Waals surface area contributed by atoms with Gasteiger partial charge in [0.15, 0.2) is 0 Å². The first kappa shape index (κ1) is 27.6. The Morgan fingerprint density at radius 2 is 1.76 bits per heavy atom. The summed E-state index contributed by atoms with van der Waals surface area (Å²) in [5, 5.41) is 3.01. The number of nitrogens with zero attached hydrogens (tertiary/aromatic N) is 3. The lowest BCUT2D eigenvalue weighted by Crippen LogP contribution is -2.39. The molecule has 2 heterocycles. The van der Waals surface area contributed by atoms with Crippen molar-refractivity contribution in [2.45, 2.75) is 86.2 Å². The van der Waals surface area contributed by atoms with Crippen molar-refractivity contribution in [3.8, 4) is 11.3 Å². The van der Waals surface area contributed by atoms with Crippen LogP contribution < -0.4 is 15.8 Å². The van der Waals surface area contributed by atoms with Gasteiger partial charge in [-0.2, -0.15) is 0 Å². The van der Waals surface area contributed by atoms with Crippen LogP contribution in [0.1, 0.15) is 84.4 Å². The molecule has 7 nitrogen and oxygen atoms in total. The smallest absolute Gasteiger partial charge is 0.253 e. The van der Waals surface area contributed by atoms with E-state index in [1.165, 1.54) is 19.3 Å². The lowest BCUT2D eigenvalue weighted by atomic mass is 9.83. The van der Waals surface area contributed by atoms with Crippen LogP contribution in [0, 0.1) is 33.6 Å². The summed E-state index contributed by atoms with van der Waals surface area (Å²) in [6, 6.07) is 6.44. The number of aryl methyl sites for hydroxylation is 3. The quantitative estimate of drug-likeness (QED) is 0.396. The highest BCUT2D eigenvalue weighted by molar-refractivity contribution is 5.98. The summed E-state index contributed by atoms with van der Waals surface area (Å²) in [5.41, 5.74) is 7.16. The zero-order valence-corrected chi connectivity index (χ0v) is 23.6. The molecule has 38 heavy (non-hydrogen) atoms. The third-order valence-electron chi connectivity index (χ3n) is 8.11. The molecule has 0 spiro atoms. The van der Waals surface area contributed by atoms with Crippen molar-refractivity contribution in [3.63, 3.8) is 0 Å². The van der Waals surface area contributed by atoms with Crippen LogP contribution in [-0.2, 0) is 6.54 Å². The van der Waals surface area contributed by atoms with E-state index in [0.717, 1.165) is 64.8 Å². The third-order valence-corrected chi connectivity index (χ3v) is 8.11. The molecule has 7 heteroatoms. The van der Waals surface area contributed by atoms with Gasteiger partial charge in [-0.05, 0) is 95.5 Å². The van der Waals surface area contributed by atoms with Crippen molar-refractivity contribution in [1.29, 1.82) is 0 Å². The minimum absolute atomic E-state index is 0.163. The number of carbonyl (C=O) groups excluding carboxylic acids is 1. The van der Waals surface area contributed by atoms with Gasteiger partial charge in [0.25, 0.3) is 11.5 Å². The van der Waals surface area contributed by atoms with E-state index in [1.807, 2.05) is 39.8 Å². The fraction of sp³-hybridized carbons (Fsp3) is 0.484. The zero-order chi connectivity index (χ0) is 27.4. The van der Waals surface area contributed by atoms with E-state index in [2.05, 4.69) is 45.1 Å². The SMILES string of the molecule is CCC1CCC(N(CC)c2cc(-c3cnc(C)cn3)cc(C(=O)NCc3c(C)cc(C)[nH]c3=O)c2C)CC1. The molecule has 1 aliphatic carbocycles. The number of pyridine rings is 1. The van der Waals surface area contributed by atoms with Crippen molar-refractivity contribution >= 4 is 11.6 Å². The molecule has 1 aliphatic rings. The van der Waals surface area contributed by atoms with Crippen LogP contribution in [0.2, 0.25) is 0 Å². The molecular formula is C31H41N5O2. The molecule has 3 aromatic rings. The van der Waals surface area contributed by atoms with Crippen LogP contribution in [0.15, 0.2) is 35.4 Å². The van der Waals surface area contributed by atoms with Crippen molar-refractivity contribution in [1.82, 2.24) is 20.3 Å². The van der Waals surface area contributed by atoms with Crippen molar-refractivity contribution in [2.75, 3.05) is 11.4 Å². The molecule has 4 rings (SSSR count). The molecule has 1 aromatic carbocycles. The highest BCUT2D eigenvalue weighted by atomic mass is 16.1. The van der Waals surface area contributed by atoms with Crippen LogP contribution >= 0.6 is 0 Å². The Morgan fingerprint density at radius 1 is 1.03 bits per heavy atom. The van der Waals surface area contributed by atoms with E-state index in [0.29, 0.717) is 17.2 Å². The van der Waals surface area contributed by atoms with Gasteiger partial charge < -0.3 is 15.2 Å². The van der Waals surface area contributed by atoms with Gasteiger partial charge in [0.05, 0.1) is 17.6 Å². The average Bonchev–Trinajstić information content (AvgIpc) is 2.90. The van der Waals surface area contributed by atoms with E-state index < -0.39 is 0 Å². The predicted molar refractivity (Wildman–Crippen MR) is 154 cm³/mol. The second kappa shape index (κ2) is 11.9. The summed E-state index contributed by atoms with van der Waals surface area (Å²) in [6.45, 7) is 13.2. The first-order valence-electron chi connectivity index (χ1n) is 13.9. The molecule has 1 amide bonds. The first-order valence-corrected chi connectivity index (χ1v) is 13.9. The maximum atomic E-state index is 13.6. The minimum Gasteiger partial charge on any atom is -0.369 e. The highest BCUT2D eigenvalue weighted by Gasteiger charge is 2.27. The number of rotatable bonds is 8. The van der Waals surface area contributed by atoms with Gasteiger partial charge in [-0.1, -0.05) is 13.3 Å². The Bertz CT molecular complexity index is 1340. The molecule has 202 valence electrons. The van der Waals surface area contributed by atoms with Crippen molar-refractivity contribution in [3.05, 3.63) is 74.6 Å². The van der Waals surface area contributed by atoms with Crippen LogP contribution in [0.3, 0.4) is 0 Å². The maximum absolute atomic E-state index is 13.6. The number of carbonyl (C=O) groups is 1. The van der Waals surface area contributed by atoms with E-state index in [-0.39, 0.29) is 18.0 Å². The summed E-state index contributed by atoms with van der Waals surface area (Å²) < 4.78 is 0. The number of H-pyrrole nitrogens is 1. The third kappa shape index (κ3) is 5.98. The Kier molecular flexibility index (Phi) is 8.65. The van der Waals surface area contributed by atoms with Gasteiger partial charge in [0, 0.05) is 53.4 Å². The number of amides is 1. The Labute approximate surface area is 226 Å². The van der Waals surface area contributed by atoms with Gasteiger partial charge in [-0.15, -0.1) is 0 Å². The largest absolute Gasteiger partial charge is 0.369 e. The van der Waals surface area contributed by atoms with E-state index >= 15 is 0 Å². The first-order chi connectivity index (χ1) is 18.2. The predicted octanol–water partition coefficient (Wildman–Crippen LogP) is 5.79. The number of anilines is 1. The van der Waals surface area contributed by atoms with Crippen molar-refractivity contribution in [2.24, 2.45) is 5.92 Å². The van der Waals surface area contributed by atoms with Gasteiger partial charge in [-0.25, -0.2) is 0 Å². The summed E-state index contributed by atoms with van der Waals surface area (Å²) in [7, 11) is 0. The number of hydrogen-bond acceptors (Lipinski definition) is 5. The Balaban J connectivity index is 1.71. The van der Waals surface area contributed by atoms with Crippen LogP contribution in [0.25, 0.3) is 11.3 Å². The molecule has 2 N–H and O–H groups in total. The van der Waals surface area contributed by atoms with E-state index in [9.17, 15) is 9.59 Å². The normalized spacial score (nSPS) is 17.3. The van der Waals surface area contributed by atoms with Gasteiger partial charge in [0.1, 0.15) is 0 Å². The zero-order valence-electron chi connectivity index (χ0n) is 23.6. The fourth-order valence-electron chi connectivity index (χ4n) is 5.78. The lowest BCUT2D eigenvalue weighted by Gasteiger charge is -2.39. The summed E-state index contributed by atoms with van der Waals surface area (Å²) in [5.74, 6) is 0.616. The highest BCUT2D eigenvalue weighted by Crippen LogP contribution is 2.36. The number of hydrogen-bond donors (Lipinski definition) is 2. The van der Waals surface area contributed by atoms with Gasteiger partial charge in [-0.3, -0.25) is 19.6 Å². The molecule has 0 aliphatic heterocycles. The average molecular weight is 516 g/mol. The van der Waals surface area contributed by atoms with E-state index in [1.54, 1.807) is 12.4 Å². The molecular weight excluding hydrogens is 474 g/mol. The molecule has 0 saturated heterocycles. The molecule has 0 radical (unpaired) electrons.